The Morgan fingerprint density at radius 2 is 2.00 bits per heavy atom. The van der Waals surface area contributed by atoms with Gasteiger partial charge in [-0.3, -0.25) is 4.79 Å². The molecule has 0 atom stereocenters. The average molecular weight is 340 g/mol. The molecule has 2 aromatic carbocycles. The van der Waals surface area contributed by atoms with Crippen LogP contribution in [-0.4, -0.2) is 17.1 Å². The number of amides is 1. The van der Waals surface area contributed by atoms with Gasteiger partial charge in [-0.1, -0.05) is 35.6 Å². The summed E-state index contributed by atoms with van der Waals surface area (Å²) in [5.41, 5.74) is 3.30. The molecule has 1 aromatic heterocycles. The molecule has 0 aliphatic carbocycles. The lowest BCUT2D eigenvalue weighted by molar-refractivity contribution is -0.118. The molecule has 0 unspecified atom stereocenters. The second kappa shape index (κ2) is 7.01. The second-order valence-electron chi connectivity index (χ2n) is 5.78. The normalized spacial score (nSPS) is 11.9. The summed E-state index contributed by atoms with van der Waals surface area (Å²) in [6.45, 7) is 4.35. The van der Waals surface area contributed by atoms with Gasteiger partial charge in [0.25, 0.3) is 5.91 Å². The van der Waals surface area contributed by atoms with Gasteiger partial charge in [0.05, 0.1) is 23.2 Å². The minimum absolute atomic E-state index is 0.164. The highest BCUT2D eigenvalue weighted by Gasteiger charge is 2.06. The van der Waals surface area contributed by atoms with Crippen molar-refractivity contribution < 1.29 is 9.53 Å². The van der Waals surface area contributed by atoms with Crippen LogP contribution in [0.5, 0.6) is 5.75 Å². The van der Waals surface area contributed by atoms with Crippen molar-refractivity contribution >= 4 is 27.5 Å². The van der Waals surface area contributed by atoms with Crippen LogP contribution in [-0.2, 0) is 11.8 Å². The Bertz CT molecular complexity index is 953. The van der Waals surface area contributed by atoms with E-state index in [1.807, 2.05) is 67.9 Å². The average Bonchev–Trinajstić information content (AvgIpc) is 2.87. The summed E-state index contributed by atoms with van der Waals surface area (Å²) in [6, 6.07) is 14.1. The molecule has 1 heterocycles. The molecule has 0 aliphatic rings. The number of hydrogen-bond donors (Lipinski definition) is 0. The van der Waals surface area contributed by atoms with E-state index in [4.69, 9.17) is 4.74 Å². The van der Waals surface area contributed by atoms with Crippen LogP contribution in [0.1, 0.15) is 17.5 Å². The zero-order chi connectivity index (χ0) is 17.1. The summed E-state index contributed by atoms with van der Waals surface area (Å²) < 4.78 is 8.80. The molecule has 0 radical (unpaired) electrons. The molecular weight excluding hydrogens is 320 g/mol. The number of nitrogens with zero attached hydrogens (tertiary/aromatic N) is 2. The van der Waals surface area contributed by atoms with Gasteiger partial charge in [0.15, 0.2) is 4.80 Å². The molecule has 1 amide bonds. The maximum atomic E-state index is 12.1. The Morgan fingerprint density at radius 1 is 1.21 bits per heavy atom. The fraction of sp³-hybridized carbons (Fsp3) is 0.263. The van der Waals surface area contributed by atoms with Crippen molar-refractivity contribution in [2.24, 2.45) is 12.0 Å². The van der Waals surface area contributed by atoms with Gasteiger partial charge in [0, 0.05) is 7.05 Å². The molecule has 24 heavy (non-hydrogen) atoms. The minimum Gasteiger partial charge on any atom is -0.493 e. The van der Waals surface area contributed by atoms with E-state index in [2.05, 4.69) is 4.99 Å². The summed E-state index contributed by atoms with van der Waals surface area (Å²) in [5, 5.41) is 0. The van der Waals surface area contributed by atoms with E-state index in [0.29, 0.717) is 11.4 Å². The van der Waals surface area contributed by atoms with E-state index in [-0.39, 0.29) is 12.3 Å². The van der Waals surface area contributed by atoms with Gasteiger partial charge in [-0.15, -0.1) is 0 Å². The summed E-state index contributed by atoms with van der Waals surface area (Å²) >= 11 is 1.52. The maximum absolute atomic E-state index is 12.1. The second-order valence-corrected chi connectivity index (χ2v) is 6.79. The lowest BCUT2D eigenvalue weighted by Crippen LogP contribution is -2.14. The number of ether oxygens (including phenoxy) is 1. The van der Waals surface area contributed by atoms with E-state index < -0.39 is 0 Å². The van der Waals surface area contributed by atoms with Crippen molar-refractivity contribution in [2.45, 2.75) is 20.3 Å². The van der Waals surface area contributed by atoms with Crippen molar-refractivity contribution in [3.05, 3.63) is 58.4 Å². The Balaban J connectivity index is 1.68. The van der Waals surface area contributed by atoms with Crippen LogP contribution in [0.3, 0.4) is 0 Å². The molecule has 4 nitrogen and oxygen atoms in total. The van der Waals surface area contributed by atoms with E-state index in [9.17, 15) is 4.79 Å². The molecule has 5 heteroatoms. The van der Waals surface area contributed by atoms with Crippen LogP contribution in [0.25, 0.3) is 10.2 Å². The van der Waals surface area contributed by atoms with E-state index in [1.54, 1.807) is 0 Å². The molecule has 3 aromatic rings. The van der Waals surface area contributed by atoms with Crippen LogP contribution in [0, 0.1) is 13.8 Å². The van der Waals surface area contributed by atoms with Crippen molar-refractivity contribution in [3.63, 3.8) is 0 Å². The number of rotatable bonds is 4. The first-order chi connectivity index (χ1) is 11.5. The number of fused-ring (bicyclic) bond motifs is 1. The first-order valence-electron chi connectivity index (χ1n) is 7.87. The predicted molar refractivity (Wildman–Crippen MR) is 97.4 cm³/mol. The molecule has 0 N–H and O–H groups in total. The van der Waals surface area contributed by atoms with Crippen LogP contribution in [0.4, 0.5) is 0 Å². The molecule has 0 fully saturated rings. The quantitative estimate of drug-likeness (QED) is 0.726. The number of thiazole rings is 1. The predicted octanol–water partition coefficient (Wildman–Crippen LogP) is 3.75. The number of hydrogen-bond acceptors (Lipinski definition) is 3. The topological polar surface area (TPSA) is 43.6 Å². The highest BCUT2D eigenvalue weighted by atomic mass is 32.1. The summed E-state index contributed by atoms with van der Waals surface area (Å²) in [6.07, 6.45) is 0.266. The molecule has 0 bridgehead atoms. The molecule has 124 valence electrons. The van der Waals surface area contributed by atoms with Gasteiger partial charge in [0.2, 0.25) is 0 Å². The summed E-state index contributed by atoms with van der Waals surface area (Å²) in [4.78, 5) is 17.1. The Morgan fingerprint density at radius 3 is 2.79 bits per heavy atom. The standard InChI is InChI=1S/C19H20N2O2S/c1-13-8-9-14(2)16(12-13)23-11-10-18(22)20-19-21(3)15-6-4-5-7-17(15)24-19/h4-9,12H,10-11H2,1-3H3. The van der Waals surface area contributed by atoms with Crippen LogP contribution < -0.4 is 9.54 Å². The smallest absolute Gasteiger partial charge is 0.251 e. The number of carbonyl (C=O) groups is 1. The fourth-order valence-electron chi connectivity index (χ4n) is 2.46. The van der Waals surface area contributed by atoms with Gasteiger partial charge in [0.1, 0.15) is 5.75 Å². The number of carbonyl (C=O) groups excluding carboxylic acids is 1. The first-order valence-corrected chi connectivity index (χ1v) is 8.68. The third-order valence-electron chi connectivity index (χ3n) is 3.85. The highest BCUT2D eigenvalue weighted by Crippen LogP contribution is 2.19. The highest BCUT2D eigenvalue weighted by molar-refractivity contribution is 7.16. The SMILES string of the molecule is Cc1ccc(C)c(OCCC(=O)N=c2sc3ccccc3n2C)c1. The molecule has 3 rings (SSSR count). The monoisotopic (exact) mass is 340 g/mol. The van der Waals surface area contributed by atoms with Gasteiger partial charge in [-0.05, 0) is 43.2 Å². The van der Waals surface area contributed by atoms with Gasteiger partial charge >= 0.3 is 0 Å². The van der Waals surface area contributed by atoms with Gasteiger partial charge < -0.3 is 9.30 Å². The number of para-hydroxylation sites is 1. The zero-order valence-corrected chi connectivity index (χ0v) is 14.9. The van der Waals surface area contributed by atoms with Crippen molar-refractivity contribution in [1.82, 2.24) is 4.57 Å². The Hall–Kier alpha value is -2.40. The molecular formula is C19H20N2O2S. The molecule has 0 saturated heterocycles. The van der Waals surface area contributed by atoms with Crippen molar-refractivity contribution in [1.29, 1.82) is 0 Å². The number of benzene rings is 2. The maximum Gasteiger partial charge on any atom is 0.251 e. The number of aromatic nitrogens is 1. The lowest BCUT2D eigenvalue weighted by Gasteiger charge is -2.08. The Kier molecular flexibility index (Phi) is 4.81. The lowest BCUT2D eigenvalue weighted by atomic mass is 10.1. The Labute approximate surface area is 145 Å². The number of aryl methyl sites for hydroxylation is 3. The van der Waals surface area contributed by atoms with Crippen LogP contribution in [0.15, 0.2) is 47.5 Å². The van der Waals surface area contributed by atoms with E-state index >= 15 is 0 Å². The van der Waals surface area contributed by atoms with Gasteiger partial charge in [-0.25, -0.2) is 0 Å². The summed E-state index contributed by atoms with van der Waals surface area (Å²) in [5.74, 6) is 0.665. The van der Waals surface area contributed by atoms with Crippen molar-refractivity contribution in [2.75, 3.05) is 6.61 Å². The fourth-order valence-corrected chi connectivity index (χ4v) is 3.50. The molecule has 0 saturated carbocycles. The van der Waals surface area contributed by atoms with Crippen molar-refractivity contribution in [3.8, 4) is 5.75 Å². The first kappa shape index (κ1) is 16.5. The third kappa shape index (κ3) is 3.57. The summed E-state index contributed by atoms with van der Waals surface area (Å²) in [7, 11) is 1.93. The minimum atomic E-state index is -0.164. The molecule has 0 aliphatic heterocycles. The third-order valence-corrected chi connectivity index (χ3v) is 4.97. The van der Waals surface area contributed by atoms with Gasteiger partial charge in [-0.2, -0.15) is 4.99 Å². The van der Waals surface area contributed by atoms with E-state index in [1.165, 1.54) is 11.3 Å². The van der Waals surface area contributed by atoms with Crippen LogP contribution in [0.2, 0.25) is 0 Å². The van der Waals surface area contributed by atoms with Crippen LogP contribution >= 0.6 is 11.3 Å². The largest absolute Gasteiger partial charge is 0.493 e. The van der Waals surface area contributed by atoms with E-state index in [0.717, 1.165) is 27.1 Å². The molecule has 0 spiro atoms. The zero-order valence-electron chi connectivity index (χ0n) is 14.1.